The van der Waals surface area contributed by atoms with E-state index in [0.717, 1.165) is 32.2 Å². The molecule has 0 heterocycles. The van der Waals surface area contributed by atoms with Crippen molar-refractivity contribution in [3.63, 3.8) is 0 Å². The number of carbonyl (C=O) groups is 1. The Hall–Kier alpha value is -0.650. The monoisotopic (exact) mass is 274 g/mol. The Labute approximate surface area is 117 Å². The van der Waals surface area contributed by atoms with Gasteiger partial charge in [-0.3, -0.25) is 4.79 Å². The summed E-state index contributed by atoms with van der Waals surface area (Å²) >= 11 is 0. The molecule has 0 saturated heterocycles. The topological polar surface area (TPSA) is 73.6 Å². The number of ether oxygens (including phenoxy) is 2. The van der Waals surface area contributed by atoms with Crippen molar-refractivity contribution in [1.29, 1.82) is 0 Å². The zero-order valence-corrected chi connectivity index (χ0v) is 12.8. The molecule has 19 heavy (non-hydrogen) atoms. The molecule has 0 fully saturated rings. The molecule has 0 saturated carbocycles. The minimum Gasteiger partial charge on any atom is -0.382 e. The molecule has 0 aromatic rings. The molecule has 0 aliphatic carbocycles. The molecule has 114 valence electrons. The molecule has 0 aromatic heterocycles. The van der Waals surface area contributed by atoms with Crippen molar-refractivity contribution in [2.45, 2.75) is 58.1 Å². The molecule has 5 nitrogen and oxygen atoms in total. The van der Waals surface area contributed by atoms with E-state index < -0.39 is 5.54 Å². The van der Waals surface area contributed by atoms with Crippen molar-refractivity contribution in [1.82, 2.24) is 5.32 Å². The van der Waals surface area contributed by atoms with Gasteiger partial charge >= 0.3 is 0 Å². The lowest BCUT2D eigenvalue weighted by Crippen LogP contribution is -2.53. The van der Waals surface area contributed by atoms with Crippen LogP contribution < -0.4 is 11.1 Å². The van der Waals surface area contributed by atoms with Gasteiger partial charge in [0.15, 0.2) is 0 Å². The summed E-state index contributed by atoms with van der Waals surface area (Å²) < 4.78 is 10.6. The number of rotatable bonds is 12. The first-order valence-corrected chi connectivity index (χ1v) is 7.11. The SMILES string of the molecule is CCCNC(C)(CCCCOC(C)COC)C(N)=O. The number of primary amides is 1. The van der Waals surface area contributed by atoms with Crippen LogP contribution in [-0.4, -0.2) is 44.4 Å². The third-order valence-corrected chi connectivity index (χ3v) is 3.18. The van der Waals surface area contributed by atoms with Crippen molar-refractivity contribution in [2.75, 3.05) is 26.9 Å². The molecule has 5 heteroatoms. The Morgan fingerprint density at radius 2 is 2.11 bits per heavy atom. The Morgan fingerprint density at radius 3 is 2.63 bits per heavy atom. The lowest BCUT2D eigenvalue weighted by Gasteiger charge is -2.27. The number of methoxy groups -OCH3 is 1. The van der Waals surface area contributed by atoms with Crippen LogP contribution in [-0.2, 0) is 14.3 Å². The maximum Gasteiger partial charge on any atom is 0.237 e. The standard InChI is InChI=1S/C14H30N2O3/c1-5-9-16-14(3,13(15)17)8-6-7-10-19-12(2)11-18-4/h12,16H,5-11H2,1-4H3,(H2,15,17). The molecule has 2 unspecified atom stereocenters. The van der Waals surface area contributed by atoms with E-state index in [2.05, 4.69) is 12.2 Å². The highest BCUT2D eigenvalue weighted by molar-refractivity contribution is 5.84. The third-order valence-electron chi connectivity index (χ3n) is 3.18. The molecule has 3 N–H and O–H groups in total. The first-order chi connectivity index (χ1) is 8.96. The van der Waals surface area contributed by atoms with Gasteiger partial charge in [0.2, 0.25) is 5.91 Å². The Morgan fingerprint density at radius 1 is 1.42 bits per heavy atom. The van der Waals surface area contributed by atoms with Gasteiger partial charge in [0, 0.05) is 13.7 Å². The highest BCUT2D eigenvalue weighted by Crippen LogP contribution is 2.14. The smallest absolute Gasteiger partial charge is 0.237 e. The maximum atomic E-state index is 11.5. The van der Waals surface area contributed by atoms with Crippen LogP contribution in [0.25, 0.3) is 0 Å². The minimum absolute atomic E-state index is 0.116. The fourth-order valence-corrected chi connectivity index (χ4v) is 1.85. The largest absolute Gasteiger partial charge is 0.382 e. The predicted octanol–water partition coefficient (Wildman–Crippen LogP) is 1.45. The van der Waals surface area contributed by atoms with Gasteiger partial charge in [-0.1, -0.05) is 6.92 Å². The number of nitrogens with two attached hydrogens (primary N) is 1. The fourth-order valence-electron chi connectivity index (χ4n) is 1.85. The molecular formula is C14H30N2O3. The molecule has 1 amide bonds. The second-order valence-corrected chi connectivity index (χ2v) is 5.22. The summed E-state index contributed by atoms with van der Waals surface area (Å²) in [6, 6.07) is 0. The van der Waals surface area contributed by atoms with E-state index in [1.165, 1.54) is 0 Å². The van der Waals surface area contributed by atoms with E-state index >= 15 is 0 Å². The fraction of sp³-hybridized carbons (Fsp3) is 0.929. The van der Waals surface area contributed by atoms with E-state index in [4.69, 9.17) is 15.2 Å². The van der Waals surface area contributed by atoms with Crippen molar-refractivity contribution in [2.24, 2.45) is 5.73 Å². The number of hydrogen-bond acceptors (Lipinski definition) is 4. The van der Waals surface area contributed by atoms with Crippen LogP contribution in [0.5, 0.6) is 0 Å². The summed E-state index contributed by atoms with van der Waals surface area (Å²) in [5.41, 5.74) is 4.86. The number of hydrogen-bond donors (Lipinski definition) is 2. The number of nitrogens with one attached hydrogen (secondary N) is 1. The average molecular weight is 274 g/mol. The summed E-state index contributed by atoms with van der Waals surface area (Å²) in [6.07, 6.45) is 3.68. The van der Waals surface area contributed by atoms with E-state index in [9.17, 15) is 4.79 Å². The molecule has 0 aliphatic rings. The third kappa shape index (κ3) is 8.18. The Balaban J connectivity index is 3.84. The first kappa shape index (κ1) is 18.4. The van der Waals surface area contributed by atoms with E-state index in [-0.39, 0.29) is 12.0 Å². The van der Waals surface area contributed by atoms with Gasteiger partial charge in [-0.15, -0.1) is 0 Å². The van der Waals surface area contributed by atoms with Crippen molar-refractivity contribution in [3.05, 3.63) is 0 Å². The maximum absolute atomic E-state index is 11.5. The number of amides is 1. The highest BCUT2D eigenvalue weighted by atomic mass is 16.5. The second-order valence-electron chi connectivity index (χ2n) is 5.22. The molecule has 0 rings (SSSR count). The van der Waals surface area contributed by atoms with E-state index in [0.29, 0.717) is 13.2 Å². The van der Waals surface area contributed by atoms with Crippen molar-refractivity contribution >= 4 is 5.91 Å². The van der Waals surface area contributed by atoms with E-state index in [1.54, 1.807) is 7.11 Å². The second kappa shape index (κ2) is 10.2. The molecule has 0 spiro atoms. The van der Waals surface area contributed by atoms with Crippen LogP contribution in [0.15, 0.2) is 0 Å². The average Bonchev–Trinajstić information content (AvgIpc) is 2.36. The first-order valence-electron chi connectivity index (χ1n) is 7.11. The van der Waals surface area contributed by atoms with Gasteiger partial charge in [-0.2, -0.15) is 0 Å². The number of unbranched alkanes of at least 4 members (excludes halogenated alkanes) is 1. The van der Waals surface area contributed by atoms with Crippen LogP contribution in [0.2, 0.25) is 0 Å². The van der Waals surface area contributed by atoms with Crippen molar-refractivity contribution < 1.29 is 14.3 Å². The summed E-state index contributed by atoms with van der Waals surface area (Å²) in [7, 11) is 1.66. The quantitative estimate of drug-likeness (QED) is 0.528. The molecule has 0 radical (unpaired) electrons. The molecule has 0 aromatic carbocycles. The van der Waals surface area contributed by atoms with Crippen LogP contribution in [0.1, 0.15) is 46.5 Å². The Kier molecular flexibility index (Phi) is 9.83. The molecule has 2 atom stereocenters. The van der Waals surface area contributed by atoms with Crippen molar-refractivity contribution in [3.8, 4) is 0 Å². The molecule has 0 aliphatic heterocycles. The van der Waals surface area contributed by atoms with Gasteiger partial charge in [0.05, 0.1) is 18.2 Å². The molecule has 0 bridgehead atoms. The summed E-state index contributed by atoms with van der Waals surface area (Å²) in [4.78, 5) is 11.5. The summed E-state index contributed by atoms with van der Waals surface area (Å²) in [5, 5.41) is 3.23. The summed E-state index contributed by atoms with van der Waals surface area (Å²) in [5.74, 6) is -0.283. The van der Waals surface area contributed by atoms with Crippen LogP contribution in [0.3, 0.4) is 0 Å². The van der Waals surface area contributed by atoms with Gasteiger partial charge in [0.25, 0.3) is 0 Å². The van der Waals surface area contributed by atoms with Crippen LogP contribution in [0.4, 0.5) is 0 Å². The zero-order chi connectivity index (χ0) is 14.7. The van der Waals surface area contributed by atoms with Gasteiger partial charge in [-0.05, 0) is 46.1 Å². The lowest BCUT2D eigenvalue weighted by molar-refractivity contribution is -0.124. The predicted molar refractivity (Wildman–Crippen MR) is 77.0 cm³/mol. The Bertz CT molecular complexity index is 249. The number of carbonyl (C=O) groups excluding carboxylic acids is 1. The summed E-state index contributed by atoms with van der Waals surface area (Å²) in [6.45, 7) is 8.03. The van der Waals surface area contributed by atoms with Crippen LogP contribution >= 0.6 is 0 Å². The highest BCUT2D eigenvalue weighted by Gasteiger charge is 2.29. The minimum atomic E-state index is -0.603. The molecular weight excluding hydrogens is 244 g/mol. The van der Waals surface area contributed by atoms with Crippen LogP contribution in [0, 0.1) is 0 Å². The van der Waals surface area contributed by atoms with Gasteiger partial charge in [0.1, 0.15) is 0 Å². The van der Waals surface area contributed by atoms with Gasteiger partial charge < -0.3 is 20.5 Å². The lowest BCUT2D eigenvalue weighted by atomic mass is 9.94. The van der Waals surface area contributed by atoms with E-state index in [1.807, 2.05) is 13.8 Å². The normalized spacial score (nSPS) is 16.0. The zero-order valence-electron chi connectivity index (χ0n) is 12.8. The van der Waals surface area contributed by atoms with Gasteiger partial charge in [-0.25, -0.2) is 0 Å².